The second-order valence-corrected chi connectivity index (χ2v) is 2.91. The van der Waals surface area contributed by atoms with Crippen LogP contribution in [0.3, 0.4) is 0 Å². The van der Waals surface area contributed by atoms with E-state index in [0.29, 0.717) is 36.5 Å². The maximum Gasteiger partial charge on any atom is 3.00 e. The number of carboxylic acids is 6. The van der Waals surface area contributed by atoms with Gasteiger partial charge in [-0.05, 0) is 36.5 Å². The average molecular weight is 660 g/mol. The van der Waals surface area contributed by atoms with E-state index in [-0.39, 0.29) is 77.2 Å². The number of hydrogen-bond acceptors (Lipinski definition) is 12. The van der Waals surface area contributed by atoms with Gasteiger partial charge in [0.15, 0.2) is 0 Å². The van der Waals surface area contributed by atoms with Gasteiger partial charge in [0.05, 0.1) is 35.8 Å². The van der Waals surface area contributed by atoms with Crippen molar-refractivity contribution < 1.29 is 137 Å². The van der Waals surface area contributed by atoms with Gasteiger partial charge in [-0.2, -0.15) is 0 Å². The zero-order valence-corrected chi connectivity index (χ0v) is 16.3. The molecule has 0 aromatic carbocycles. The smallest absolute Gasteiger partial charge is 0.545 e. The minimum absolute atomic E-state index is 0. The summed E-state index contributed by atoms with van der Waals surface area (Å²) in [5.41, 5.74) is 0. The molecule has 0 N–H and O–H groups in total. The predicted molar refractivity (Wildman–Crippen MR) is 57.5 cm³/mol. The number of carbonyl (C=O) groups is 6. The fourth-order valence-corrected chi connectivity index (χ4v) is 0.408. The van der Waals surface area contributed by atoms with Crippen LogP contribution in [0.2, 0.25) is 0 Å². The Morgan fingerprint density at radius 2 is 0.423 bits per heavy atom. The summed E-state index contributed by atoms with van der Waals surface area (Å²) in [7, 11) is 0. The molecule has 26 heavy (non-hydrogen) atoms. The van der Waals surface area contributed by atoms with Gasteiger partial charge in [0.1, 0.15) is 0 Å². The Morgan fingerprint density at radius 3 is 0.462 bits per heavy atom. The van der Waals surface area contributed by atoms with Gasteiger partial charge in [-0.15, -0.1) is 0 Å². The fraction of sp³-hybridized carbons (Fsp3) is 0. The molecule has 14 heteroatoms. The average Bonchev–Trinajstić information content (AvgIpc) is 2.42. The van der Waals surface area contributed by atoms with Gasteiger partial charge < -0.3 is 59.4 Å². The van der Waals surface area contributed by atoms with Gasteiger partial charge >= 0.3 is 77.2 Å². The minimum atomic E-state index is -1.55. The maximum atomic E-state index is 9.41. The standard InChI is InChI=1S/3C4H4O4.2Tb/c3*5-3(6)1-2-4(7)8;;/h3*1-2H,(H,5,6)(H,7,8);;/q;;;2*+3/p-6/b3*2-1-;;. The Labute approximate surface area is 206 Å². The Bertz CT molecular complexity index is 448. The molecule has 0 aliphatic carbocycles. The molecule has 0 aliphatic rings. The van der Waals surface area contributed by atoms with E-state index in [0.717, 1.165) is 0 Å². The van der Waals surface area contributed by atoms with Crippen molar-refractivity contribution in [2.45, 2.75) is 0 Å². The van der Waals surface area contributed by atoms with Crippen LogP contribution in [0.25, 0.3) is 0 Å². The van der Waals surface area contributed by atoms with Crippen LogP contribution in [-0.4, -0.2) is 35.8 Å². The van der Waals surface area contributed by atoms with Crippen LogP contribution in [0, 0.1) is 77.2 Å². The Hall–Kier alpha value is -1.39. The van der Waals surface area contributed by atoms with Crippen molar-refractivity contribution in [2.24, 2.45) is 0 Å². The van der Waals surface area contributed by atoms with Gasteiger partial charge in [-0.3, -0.25) is 0 Å². The topological polar surface area (TPSA) is 241 Å². The molecule has 0 spiro atoms. The molecule has 0 aliphatic heterocycles. The predicted octanol–water partition coefficient (Wildman–Crippen LogP) is -8.87. The molecule has 0 rings (SSSR count). The molecule has 0 amide bonds. The normalized spacial score (nSPS) is 8.77. The van der Waals surface area contributed by atoms with Crippen molar-refractivity contribution in [3.05, 3.63) is 36.5 Å². The second-order valence-electron chi connectivity index (χ2n) is 2.91. The van der Waals surface area contributed by atoms with E-state index in [1.807, 2.05) is 0 Å². The van der Waals surface area contributed by atoms with Crippen molar-refractivity contribution >= 4 is 35.8 Å². The van der Waals surface area contributed by atoms with Crippen LogP contribution < -0.4 is 30.6 Å². The number of carboxylic acid groups (broad SMARTS) is 6. The zero-order chi connectivity index (χ0) is 19.7. The second kappa shape index (κ2) is 23.6. The van der Waals surface area contributed by atoms with Crippen LogP contribution in [0.4, 0.5) is 0 Å². The van der Waals surface area contributed by atoms with E-state index in [2.05, 4.69) is 0 Å². The maximum absolute atomic E-state index is 9.41. The Balaban J connectivity index is -0.0000000817. The first-order valence-corrected chi connectivity index (χ1v) is 5.18. The van der Waals surface area contributed by atoms with E-state index in [1.54, 1.807) is 0 Å². The molecular weight excluding hydrogens is 654 g/mol. The molecule has 0 saturated carbocycles. The van der Waals surface area contributed by atoms with Crippen molar-refractivity contribution in [1.82, 2.24) is 0 Å². The monoisotopic (exact) mass is 660 g/mol. The summed E-state index contributed by atoms with van der Waals surface area (Å²) in [6.07, 6.45) is 2.31. The Morgan fingerprint density at radius 1 is 0.346 bits per heavy atom. The minimum Gasteiger partial charge on any atom is -0.545 e. The van der Waals surface area contributed by atoms with Crippen molar-refractivity contribution in [3.8, 4) is 0 Å². The fourth-order valence-electron chi connectivity index (χ4n) is 0.408. The number of aliphatic carboxylic acids is 6. The summed E-state index contributed by atoms with van der Waals surface area (Å²) >= 11 is 0. The molecule has 144 valence electrons. The number of hydrogen-bond donors (Lipinski definition) is 0. The van der Waals surface area contributed by atoms with E-state index in [9.17, 15) is 59.4 Å². The Kier molecular flexibility index (Phi) is 32.4. The first-order valence-electron chi connectivity index (χ1n) is 5.18. The number of rotatable bonds is 6. The van der Waals surface area contributed by atoms with Crippen LogP contribution in [0.5, 0.6) is 0 Å². The van der Waals surface area contributed by atoms with Crippen molar-refractivity contribution in [2.75, 3.05) is 0 Å². The molecule has 0 aromatic rings. The SMILES string of the molecule is O=C([O-])/C=C\C(=O)[O-].O=C([O-])/C=C\C(=O)[O-].O=C([O-])/C=C\C(=O)[O-].[Tb+3].[Tb+3]. The van der Waals surface area contributed by atoms with Gasteiger partial charge in [-0.1, -0.05) is 0 Å². The van der Waals surface area contributed by atoms with Gasteiger partial charge in [0, 0.05) is 0 Å². The molecular formula is C12H6O12Tb2. The number of carbonyl (C=O) groups excluding carboxylic acids is 6. The largest absolute Gasteiger partial charge is 3.00 e. The molecule has 12 nitrogen and oxygen atoms in total. The third kappa shape index (κ3) is 57.0. The van der Waals surface area contributed by atoms with E-state index in [1.165, 1.54) is 0 Å². The first kappa shape index (κ1) is 35.7. The summed E-state index contributed by atoms with van der Waals surface area (Å²) in [6, 6.07) is 0. The molecule has 0 bridgehead atoms. The summed E-state index contributed by atoms with van der Waals surface area (Å²) in [4.78, 5) is 56.5. The summed E-state index contributed by atoms with van der Waals surface area (Å²) in [5.74, 6) is -9.28. The third-order valence-corrected chi connectivity index (χ3v) is 1.07. The van der Waals surface area contributed by atoms with Gasteiger partial charge in [0.25, 0.3) is 0 Å². The van der Waals surface area contributed by atoms with Crippen LogP contribution in [0.1, 0.15) is 0 Å². The summed E-state index contributed by atoms with van der Waals surface area (Å²) in [6.45, 7) is 0. The molecule has 0 heterocycles. The molecule has 0 atom stereocenters. The van der Waals surface area contributed by atoms with Crippen molar-refractivity contribution in [3.63, 3.8) is 0 Å². The van der Waals surface area contributed by atoms with Crippen LogP contribution in [-0.2, 0) is 28.8 Å². The summed E-state index contributed by atoms with van der Waals surface area (Å²) in [5, 5.41) is 56.5. The first-order chi connectivity index (χ1) is 10.9. The van der Waals surface area contributed by atoms with Gasteiger partial charge in [-0.25, -0.2) is 0 Å². The molecule has 0 saturated heterocycles. The molecule has 0 radical (unpaired) electrons. The van der Waals surface area contributed by atoms with Crippen LogP contribution >= 0.6 is 0 Å². The third-order valence-electron chi connectivity index (χ3n) is 1.07. The molecule has 0 fully saturated rings. The zero-order valence-electron chi connectivity index (χ0n) is 12.0. The van der Waals surface area contributed by atoms with E-state index < -0.39 is 35.8 Å². The van der Waals surface area contributed by atoms with E-state index in [4.69, 9.17) is 0 Å². The molecule has 0 aromatic heterocycles. The summed E-state index contributed by atoms with van der Waals surface area (Å²) < 4.78 is 0. The van der Waals surface area contributed by atoms with E-state index >= 15 is 0 Å². The van der Waals surface area contributed by atoms with Gasteiger partial charge in [0.2, 0.25) is 0 Å². The van der Waals surface area contributed by atoms with Crippen LogP contribution in [0.15, 0.2) is 36.5 Å². The molecule has 0 unspecified atom stereocenters. The quantitative estimate of drug-likeness (QED) is 0.241. The van der Waals surface area contributed by atoms with Crippen molar-refractivity contribution in [1.29, 1.82) is 0 Å².